The molecule has 1 aromatic carbocycles. The molecule has 6 nitrogen and oxygen atoms in total. The summed E-state index contributed by atoms with van der Waals surface area (Å²) in [5, 5.41) is 9.52. The van der Waals surface area contributed by atoms with Crippen molar-refractivity contribution in [2.75, 3.05) is 0 Å². The zero-order chi connectivity index (χ0) is 15.2. The molecular formula is C13H13BrN2O4. The lowest BCUT2D eigenvalue weighted by Crippen LogP contribution is -2.50. The van der Waals surface area contributed by atoms with Crippen molar-refractivity contribution in [3.63, 3.8) is 0 Å². The van der Waals surface area contributed by atoms with Gasteiger partial charge in [0.2, 0.25) is 0 Å². The molecule has 0 saturated heterocycles. The number of aliphatic carboxylic acids is 1. The largest absolute Gasteiger partial charge is 0.480 e. The number of carboxylic acid groups (broad SMARTS) is 1. The Hall–Kier alpha value is -1.89. The van der Waals surface area contributed by atoms with Crippen molar-refractivity contribution in [2.24, 2.45) is 0 Å². The number of aryl methyl sites for hydroxylation is 1. The van der Waals surface area contributed by atoms with Gasteiger partial charge >= 0.3 is 11.7 Å². The van der Waals surface area contributed by atoms with Crippen LogP contribution in [-0.2, 0) is 10.3 Å². The molecule has 0 spiro atoms. The van der Waals surface area contributed by atoms with Crippen LogP contribution < -0.4 is 11.2 Å². The lowest BCUT2D eigenvalue weighted by Gasteiger charge is -2.21. The van der Waals surface area contributed by atoms with Gasteiger partial charge in [-0.2, -0.15) is 0 Å². The molecule has 0 amide bonds. The predicted molar refractivity (Wildman–Crippen MR) is 78.2 cm³/mol. The highest BCUT2D eigenvalue weighted by atomic mass is 79.9. The van der Waals surface area contributed by atoms with Gasteiger partial charge in [-0.25, -0.2) is 14.2 Å². The van der Waals surface area contributed by atoms with Gasteiger partial charge in [-0.1, -0.05) is 15.9 Å². The van der Waals surface area contributed by atoms with Gasteiger partial charge < -0.3 is 10.1 Å². The van der Waals surface area contributed by atoms with Crippen molar-refractivity contribution in [1.82, 2.24) is 9.55 Å². The maximum atomic E-state index is 12.5. The number of aromatic amines is 1. The summed E-state index contributed by atoms with van der Waals surface area (Å²) in [7, 11) is 0. The third-order valence-corrected chi connectivity index (χ3v) is 4.20. The van der Waals surface area contributed by atoms with Gasteiger partial charge in [0.25, 0.3) is 5.56 Å². The van der Waals surface area contributed by atoms with Gasteiger partial charge in [0.05, 0.1) is 10.9 Å². The number of hydrogen-bond acceptors (Lipinski definition) is 3. The topological polar surface area (TPSA) is 92.2 Å². The van der Waals surface area contributed by atoms with Gasteiger partial charge in [-0.3, -0.25) is 4.79 Å². The van der Waals surface area contributed by atoms with Crippen LogP contribution in [0.2, 0.25) is 0 Å². The summed E-state index contributed by atoms with van der Waals surface area (Å²) in [6.07, 6.45) is 0. The molecular weight excluding hydrogens is 328 g/mol. The van der Waals surface area contributed by atoms with Gasteiger partial charge in [0.1, 0.15) is 5.54 Å². The number of nitrogens with one attached hydrogen (secondary N) is 1. The Morgan fingerprint density at radius 1 is 1.35 bits per heavy atom. The Labute approximate surface area is 122 Å². The number of carboxylic acids is 1. The Morgan fingerprint density at radius 2 is 1.95 bits per heavy atom. The normalized spacial score (nSPS) is 11.8. The second-order valence-electron chi connectivity index (χ2n) is 5.03. The van der Waals surface area contributed by atoms with Crippen LogP contribution in [-0.4, -0.2) is 20.6 Å². The third-order valence-electron chi connectivity index (χ3n) is 3.34. The molecule has 0 aliphatic carbocycles. The molecule has 106 valence electrons. The van der Waals surface area contributed by atoms with Crippen LogP contribution in [0.5, 0.6) is 0 Å². The van der Waals surface area contributed by atoms with Crippen LogP contribution in [0.25, 0.3) is 10.9 Å². The fourth-order valence-electron chi connectivity index (χ4n) is 2.04. The molecule has 2 N–H and O–H groups in total. The predicted octanol–water partition coefficient (Wildman–Crippen LogP) is 1.58. The quantitative estimate of drug-likeness (QED) is 0.868. The first-order chi connectivity index (χ1) is 9.17. The van der Waals surface area contributed by atoms with E-state index in [4.69, 9.17) is 0 Å². The summed E-state index contributed by atoms with van der Waals surface area (Å²) in [5.74, 6) is -1.25. The molecule has 0 aliphatic heterocycles. The molecule has 0 unspecified atom stereocenters. The van der Waals surface area contributed by atoms with Crippen LogP contribution in [0.3, 0.4) is 0 Å². The Bertz CT molecular complexity index is 833. The van der Waals surface area contributed by atoms with E-state index in [1.807, 2.05) is 0 Å². The SMILES string of the molecule is Cc1c(Br)ccc2[nH]c(=O)n(C(C)(C)C(=O)O)c(=O)c12. The summed E-state index contributed by atoms with van der Waals surface area (Å²) >= 11 is 3.32. The summed E-state index contributed by atoms with van der Waals surface area (Å²) in [6.45, 7) is 4.35. The van der Waals surface area contributed by atoms with Crippen LogP contribution in [0, 0.1) is 6.92 Å². The summed E-state index contributed by atoms with van der Waals surface area (Å²) in [5.41, 5.74) is -1.95. The first kappa shape index (κ1) is 14.5. The lowest BCUT2D eigenvalue weighted by atomic mass is 10.0. The van der Waals surface area contributed by atoms with E-state index in [1.165, 1.54) is 13.8 Å². The molecule has 2 rings (SSSR count). The number of fused-ring (bicyclic) bond motifs is 1. The molecule has 1 aromatic heterocycles. The zero-order valence-corrected chi connectivity index (χ0v) is 12.7. The molecule has 0 bridgehead atoms. The molecule has 0 saturated carbocycles. The van der Waals surface area contributed by atoms with E-state index in [-0.39, 0.29) is 0 Å². The molecule has 2 aromatic rings. The van der Waals surface area contributed by atoms with E-state index in [9.17, 15) is 19.5 Å². The molecule has 7 heteroatoms. The maximum absolute atomic E-state index is 12.5. The van der Waals surface area contributed by atoms with Gasteiger partial charge in [0.15, 0.2) is 0 Å². The van der Waals surface area contributed by atoms with Crippen molar-refractivity contribution < 1.29 is 9.90 Å². The number of nitrogens with zero attached hydrogens (tertiary/aromatic N) is 1. The minimum absolute atomic E-state index is 0.299. The van der Waals surface area contributed by atoms with E-state index in [1.54, 1.807) is 19.1 Å². The number of carbonyl (C=O) groups is 1. The first-order valence-electron chi connectivity index (χ1n) is 5.86. The Morgan fingerprint density at radius 3 is 2.50 bits per heavy atom. The molecule has 1 heterocycles. The molecule has 0 aliphatic rings. The van der Waals surface area contributed by atoms with Crippen molar-refractivity contribution in [1.29, 1.82) is 0 Å². The number of H-pyrrole nitrogens is 1. The van der Waals surface area contributed by atoms with Gasteiger partial charge in [0, 0.05) is 4.47 Å². The third kappa shape index (κ3) is 1.98. The minimum Gasteiger partial charge on any atom is -0.480 e. The number of hydrogen-bond donors (Lipinski definition) is 2. The van der Waals surface area contributed by atoms with E-state index < -0.39 is 22.8 Å². The zero-order valence-electron chi connectivity index (χ0n) is 11.2. The number of halogens is 1. The molecule has 0 atom stereocenters. The number of rotatable bonds is 2. The summed E-state index contributed by atoms with van der Waals surface area (Å²) < 4.78 is 1.45. The summed E-state index contributed by atoms with van der Waals surface area (Å²) in [6, 6.07) is 3.33. The molecule has 20 heavy (non-hydrogen) atoms. The second-order valence-corrected chi connectivity index (χ2v) is 5.88. The van der Waals surface area contributed by atoms with E-state index in [2.05, 4.69) is 20.9 Å². The summed E-state index contributed by atoms with van der Waals surface area (Å²) in [4.78, 5) is 38.4. The standard InChI is InChI=1S/C13H13BrN2O4/c1-6-7(14)4-5-8-9(6)10(17)16(12(20)15-8)13(2,3)11(18)19/h4-5H,1-3H3,(H,15,20)(H,18,19). The van der Waals surface area contributed by atoms with Crippen molar-refractivity contribution in [2.45, 2.75) is 26.3 Å². The van der Waals surface area contributed by atoms with Crippen molar-refractivity contribution >= 4 is 32.8 Å². The van der Waals surface area contributed by atoms with Gasteiger partial charge in [-0.05, 0) is 38.5 Å². The highest BCUT2D eigenvalue weighted by molar-refractivity contribution is 9.10. The lowest BCUT2D eigenvalue weighted by molar-refractivity contribution is -0.146. The van der Waals surface area contributed by atoms with Crippen molar-refractivity contribution in [3.8, 4) is 0 Å². The number of benzene rings is 1. The van der Waals surface area contributed by atoms with Crippen molar-refractivity contribution in [3.05, 3.63) is 43.0 Å². The second kappa shape index (κ2) is 4.59. The van der Waals surface area contributed by atoms with Gasteiger partial charge in [-0.15, -0.1) is 0 Å². The fraction of sp³-hybridized carbons (Fsp3) is 0.308. The van der Waals surface area contributed by atoms with Crippen LogP contribution in [0.1, 0.15) is 19.4 Å². The number of aromatic nitrogens is 2. The average Bonchev–Trinajstić information content (AvgIpc) is 2.33. The molecule has 0 fully saturated rings. The highest BCUT2D eigenvalue weighted by Gasteiger charge is 2.33. The fourth-order valence-corrected chi connectivity index (χ4v) is 2.37. The van der Waals surface area contributed by atoms with E-state index in [0.29, 0.717) is 20.9 Å². The first-order valence-corrected chi connectivity index (χ1v) is 6.65. The smallest absolute Gasteiger partial charge is 0.329 e. The highest BCUT2D eigenvalue weighted by Crippen LogP contribution is 2.22. The van der Waals surface area contributed by atoms with E-state index >= 15 is 0 Å². The molecule has 0 radical (unpaired) electrons. The maximum Gasteiger partial charge on any atom is 0.329 e. The average molecular weight is 341 g/mol. The van der Waals surface area contributed by atoms with E-state index in [0.717, 1.165) is 4.57 Å². The minimum atomic E-state index is -1.63. The van der Waals surface area contributed by atoms with Crippen LogP contribution in [0.4, 0.5) is 0 Å². The van der Waals surface area contributed by atoms with Crippen LogP contribution in [0.15, 0.2) is 26.2 Å². The monoisotopic (exact) mass is 340 g/mol. The Balaban J connectivity index is 3.03. The Kier molecular flexibility index (Phi) is 3.33. The van der Waals surface area contributed by atoms with Crippen LogP contribution >= 0.6 is 15.9 Å².